The summed E-state index contributed by atoms with van der Waals surface area (Å²) in [6.07, 6.45) is -6.38. The molecule has 0 saturated heterocycles. The number of carbonyl (C=O) groups excluding carboxylic acids is 1. The van der Waals surface area contributed by atoms with Gasteiger partial charge in [-0.2, -0.15) is 31.4 Å². The van der Waals surface area contributed by atoms with Crippen LogP contribution < -0.4 is 0 Å². The molecule has 3 heterocycles. The van der Waals surface area contributed by atoms with E-state index >= 15 is 0 Å². The molecule has 16 heteroatoms. The Kier molecular flexibility index (Phi) is 11.7. The number of halogens is 6. The van der Waals surface area contributed by atoms with Gasteiger partial charge < -0.3 is 15.1 Å². The molecule has 0 saturated carbocycles. The molecule has 2 aromatic rings. The Morgan fingerprint density at radius 3 is 2.05 bits per heavy atom. The highest BCUT2D eigenvalue weighted by molar-refractivity contribution is 5.94. The SMILES string of the molecule is CCCN1CCc2c(C(=O)N(C)Cc3ccccn3)nn(C)c2C1.O=C(O)C(F)(F)F.O=C(O)C(F)(F)F. The van der Waals surface area contributed by atoms with Crippen LogP contribution in [0.15, 0.2) is 24.4 Å². The van der Waals surface area contributed by atoms with Gasteiger partial charge in [0, 0.05) is 38.9 Å². The Morgan fingerprint density at radius 2 is 1.61 bits per heavy atom. The van der Waals surface area contributed by atoms with Crippen molar-refractivity contribution in [3.63, 3.8) is 0 Å². The predicted molar refractivity (Wildman–Crippen MR) is 120 cm³/mol. The van der Waals surface area contributed by atoms with Crippen molar-refractivity contribution >= 4 is 17.8 Å². The highest BCUT2D eigenvalue weighted by atomic mass is 19.4. The van der Waals surface area contributed by atoms with Crippen molar-refractivity contribution in [3.05, 3.63) is 47.0 Å². The van der Waals surface area contributed by atoms with Gasteiger partial charge >= 0.3 is 24.3 Å². The van der Waals surface area contributed by atoms with E-state index in [1.807, 2.05) is 37.0 Å². The minimum Gasteiger partial charge on any atom is -0.475 e. The molecule has 10 nitrogen and oxygen atoms in total. The van der Waals surface area contributed by atoms with Crippen molar-refractivity contribution in [2.45, 2.75) is 45.2 Å². The van der Waals surface area contributed by atoms with Crippen LogP contribution in [0.1, 0.15) is 40.8 Å². The van der Waals surface area contributed by atoms with E-state index in [2.05, 4.69) is 21.9 Å². The zero-order valence-electron chi connectivity index (χ0n) is 20.7. The van der Waals surface area contributed by atoms with Crippen LogP contribution in [0.2, 0.25) is 0 Å². The standard InChI is InChI=1S/C18H25N5O.2C2HF3O2/c1-4-10-23-11-8-15-16(13-23)22(3)20-17(15)18(24)21(2)12-14-7-5-6-9-19-14;2*3-2(4,5)1(6)7/h5-7,9H,4,8,10-13H2,1-3H3;2*(H,6,7). The first-order valence-electron chi connectivity index (χ1n) is 11.0. The maximum Gasteiger partial charge on any atom is 0.490 e. The number of carboxylic acid groups (broad SMARTS) is 2. The van der Waals surface area contributed by atoms with Gasteiger partial charge in [0.15, 0.2) is 5.69 Å². The quantitative estimate of drug-likeness (QED) is 0.539. The number of fused-ring (bicyclic) bond motifs is 1. The lowest BCUT2D eigenvalue weighted by Crippen LogP contribution is -2.33. The molecule has 1 aliphatic rings. The molecule has 0 spiro atoms. The third-order valence-electron chi connectivity index (χ3n) is 5.03. The van der Waals surface area contributed by atoms with Crippen LogP contribution >= 0.6 is 0 Å². The molecule has 2 N–H and O–H groups in total. The third kappa shape index (κ3) is 9.99. The van der Waals surface area contributed by atoms with Crippen molar-refractivity contribution in [2.75, 3.05) is 20.1 Å². The summed E-state index contributed by atoms with van der Waals surface area (Å²) in [6.45, 7) is 5.65. The van der Waals surface area contributed by atoms with E-state index in [9.17, 15) is 31.1 Å². The number of pyridine rings is 1. The van der Waals surface area contributed by atoms with E-state index in [0.717, 1.165) is 43.7 Å². The van der Waals surface area contributed by atoms with Gasteiger partial charge in [0.05, 0.1) is 17.9 Å². The number of nitrogens with zero attached hydrogens (tertiary/aromatic N) is 5. The lowest BCUT2D eigenvalue weighted by Gasteiger charge is -2.27. The summed E-state index contributed by atoms with van der Waals surface area (Å²) in [5, 5.41) is 18.8. The summed E-state index contributed by atoms with van der Waals surface area (Å²) in [5.41, 5.74) is 3.77. The number of alkyl halides is 6. The number of aromatic nitrogens is 3. The van der Waals surface area contributed by atoms with Crippen LogP contribution in [0.4, 0.5) is 26.3 Å². The van der Waals surface area contributed by atoms with Crippen LogP contribution in [0.5, 0.6) is 0 Å². The predicted octanol–water partition coefficient (Wildman–Crippen LogP) is 3.12. The van der Waals surface area contributed by atoms with E-state index < -0.39 is 24.3 Å². The maximum atomic E-state index is 12.9. The molecule has 0 bridgehead atoms. The number of rotatable bonds is 5. The van der Waals surface area contributed by atoms with Crippen LogP contribution in [0, 0.1) is 0 Å². The van der Waals surface area contributed by atoms with E-state index in [1.165, 1.54) is 5.69 Å². The molecular weight excluding hydrogens is 528 g/mol. The van der Waals surface area contributed by atoms with Gasteiger partial charge in [-0.1, -0.05) is 13.0 Å². The lowest BCUT2D eigenvalue weighted by atomic mass is 10.0. The average molecular weight is 555 g/mol. The van der Waals surface area contributed by atoms with Crippen molar-refractivity contribution in [3.8, 4) is 0 Å². The van der Waals surface area contributed by atoms with Gasteiger partial charge in [-0.25, -0.2) is 9.59 Å². The first-order chi connectivity index (χ1) is 17.5. The molecule has 212 valence electrons. The third-order valence-corrected chi connectivity index (χ3v) is 5.03. The summed E-state index contributed by atoms with van der Waals surface area (Å²) in [6, 6.07) is 5.74. The van der Waals surface area contributed by atoms with Crippen LogP contribution in [0.3, 0.4) is 0 Å². The van der Waals surface area contributed by atoms with Crippen molar-refractivity contribution in [1.82, 2.24) is 24.6 Å². The second-order valence-electron chi connectivity index (χ2n) is 8.01. The molecule has 0 aromatic carbocycles. The summed E-state index contributed by atoms with van der Waals surface area (Å²) < 4.78 is 65.3. The number of carboxylic acids is 2. The zero-order chi connectivity index (χ0) is 29.3. The minimum absolute atomic E-state index is 0.0264. The van der Waals surface area contributed by atoms with Gasteiger partial charge in [0.1, 0.15) is 0 Å². The number of carbonyl (C=O) groups is 3. The topological polar surface area (TPSA) is 129 Å². The summed E-state index contributed by atoms with van der Waals surface area (Å²) in [7, 11) is 3.74. The highest BCUT2D eigenvalue weighted by Crippen LogP contribution is 2.23. The molecular formula is C22H27F6N5O5. The normalized spacial score (nSPS) is 13.3. The molecule has 3 rings (SSSR count). The largest absolute Gasteiger partial charge is 0.490 e. The zero-order valence-corrected chi connectivity index (χ0v) is 20.7. The average Bonchev–Trinajstić information content (AvgIpc) is 3.15. The fourth-order valence-electron chi connectivity index (χ4n) is 3.29. The van der Waals surface area contributed by atoms with Crippen molar-refractivity contribution in [1.29, 1.82) is 0 Å². The lowest BCUT2D eigenvalue weighted by molar-refractivity contribution is -0.193. The summed E-state index contributed by atoms with van der Waals surface area (Å²) in [4.78, 5) is 39.1. The van der Waals surface area contributed by atoms with Crippen LogP contribution in [0.25, 0.3) is 0 Å². The number of aryl methyl sites for hydroxylation is 1. The Balaban J connectivity index is 0.000000426. The molecule has 0 fully saturated rings. The Hall–Kier alpha value is -3.69. The molecule has 0 atom stereocenters. The van der Waals surface area contributed by atoms with Gasteiger partial charge in [0.2, 0.25) is 0 Å². The van der Waals surface area contributed by atoms with Gasteiger partial charge in [0.25, 0.3) is 5.91 Å². The number of hydrogen-bond acceptors (Lipinski definition) is 6. The first-order valence-corrected chi connectivity index (χ1v) is 11.0. The minimum atomic E-state index is -5.08. The number of amides is 1. The monoisotopic (exact) mass is 555 g/mol. The van der Waals surface area contributed by atoms with Gasteiger partial charge in [-0.3, -0.25) is 19.4 Å². The van der Waals surface area contributed by atoms with Crippen molar-refractivity contribution < 1.29 is 50.9 Å². The molecule has 1 aliphatic heterocycles. The second kappa shape index (κ2) is 13.7. The number of hydrogen-bond donors (Lipinski definition) is 2. The molecule has 2 aromatic heterocycles. The Labute approximate surface area is 213 Å². The molecule has 0 aliphatic carbocycles. The fourth-order valence-corrected chi connectivity index (χ4v) is 3.29. The molecule has 0 unspecified atom stereocenters. The van der Waals surface area contributed by atoms with Gasteiger partial charge in [-0.05, 0) is 31.5 Å². The maximum absolute atomic E-state index is 12.9. The van der Waals surface area contributed by atoms with Crippen molar-refractivity contribution in [2.24, 2.45) is 7.05 Å². The molecule has 38 heavy (non-hydrogen) atoms. The van der Waals surface area contributed by atoms with E-state index in [0.29, 0.717) is 12.2 Å². The van der Waals surface area contributed by atoms with Crippen LogP contribution in [-0.2, 0) is 36.1 Å². The molecule has 0 radical (unpaired) electrons. The number of aliphatic carboxylic acids is 2. The Morgan fingerprint density at radius 1 is 1.05 bits per heavy atom. The Bertz CT molecular complexity index is 1060. The van der Waals surface area contributed by atoms with E-state index in [-0.39, 0.29) is 5.91 Å². The van der Waals surface area contributed by atoms with E-state index in [4.69, 9.17) is 19.8 Å². The van der Waals surface area contributed by atoms with Gasteiger partial charge in [-0.15, -0.1) is 0 Å². The van der Waals surface area contributed by atoms with E-state index in [1.54, 1.807) is 11.1 Å². The fraction of sp³-hybridized carbons (Fsp3) is 0.500. The highest BCUT2D eigenvalue weighted by Gasteiger charge is 2.39. The van der Waals surface area contributed by atoms with Crippen LogP contribution in [-0.4, -0.2) is 85.1 Å². The first kappa shape index (κ1) is 32.3. The summed E-state index contributed by atoms with van der Waals surface area (Å²) >= 11 is 0. The second-order valence-corrected chi connectivity index (χ2v) is 8.01. The smallest absolute Gasteiger partial charge is 0.475 e. The molecule has 1 amide bonds. The summed E-state index contributed by atoms with van der Waals surface area (Å²) in [5.74, 6) is -5.54.